The van der Waals surface area contributed by atoms with Gasteiger partial charge in [0.05, 0.1) is 11.7 Å². The van der Waals surface area contributed by atoms with Gasteiger partial charge in [-0.15, -0.1) is 0 Å². The molecular formula is C18H19N7OS. The molecule has 8 nitrogen and oxygen atoms in total. The smallest absolute Gasteiger partial charge is 0.254 e. The van der Waals surface area contributed by atoms with Crippen LogP contribution in [-0.4, -0.2) is 79.7 Å². The van der Waals surface area contributed by atoms with Gasteiger partial charge in [0.15, 0.2) is 0 Å². The van der Waals surface area contributed by atoms with E-state index in [4.69, 9.17) is 0 Å². The molecule has 2 aliphatic heterocycles. The highest BCUT2D eigenvalue weighted by Crippen LogP contribution is 2.22. The van der Waals surface area contributed by atoms with Crippen LogP contribution >= 0.6 is 11.7 Å². The molecule has 0 spiro atoms. The molecule has 2 fully saturated rings. The summed E-state index contributed by atoms with van der Waals surface area (Å²) >= 11 is 1.17. The van der Waals surface area contributed by atoms with Gasteiger partial charge in [0.1, 0.15) is 11.0 Å². The van der Waals surface area contributed by atoms with Crippen LogP contribution in [0, 0.1) is 0 Å². The Bertz CT molecular complexity index is 949. The van der Waals surface area contributed by atoms with Crippen molar-refractivity contribution in [1.82, 2.24) is 28.5 Å². The van der Waals surface area contributed by atoms with Crippen LogP contribution in [0.4, 0.5) is 5.95 Å². The highest BCUT2D eigenvalue weighted by molar-refractivity contribution is 7.00. The third-order valence-corrected chi connectivity index (χ3v) is 5.87. The van der Waals surface area contributed by atoms with Crippen molar-refractivity contribution in [1.29, 1.82) is 0 Å². The number of hydrogen-bond acceptors (Lipinski definition) is 8. The predicted molar refractivity (Wildman–Crippen MR) is 103 cm³/mol. The first-order chi connectivity index (χ1) is 13.3. The van der Waals surface area contributed by atoms with Crippen LogP contribution in [0.25, 0.3) is 11.0 Å². The van der Waals surface area contributed by atoms with E-state index in [-0.39, 0.29) is 5.91 Å². The van der Waals surface area contributed by atoms with E-state index in [1.807, 2.05) is 29.2 Å². The van der Waals surface area contributed by atoms with Gasteiger partial charge in [-0.25, -0.2) is 9.97 Å². The number of carbonyl (C=O) groups is 1. The average molecular weight is 381 g/mol. The summed E-state index contributed by atoms with van der Waals surface area (Å²) < 4.78 is 8.41. The molecule has 0 saturated carbocycles. The fourth-order valence-electron chi connectivity index (χ4n) is 3.69. The highest BCUT2D eigenvalue weighted by atomic mass is 32.1. The number of anilines is 1. The topological polar surface area (TPSA) is 78.4 Å². The number of benzene rings is 1. The molecule has 0 N–H and O–H groups in total. The number of carbonyl (C=O) groups excluding carboxylic acids is 1. The van der Waals surface area contributed by atoms with Crippen molar-refractivity contribution >= 4 is 34.6 Å². The Morgan fingerprint density at radius 1 is 1.00 bits per heavy atom. The standard InChI is InChI=1S/C18H19N7OS/c26-17(13-2-3-15-16(10-13)22-27-21-15)25-11-14(12-25)23-6-8-24(9-7-23)18-19-4-1-5-20-18/h1-5,10,14H,6-9,11-12H2. The lowest BCUT2D eigenvalue weighted by molar-refractivity contribution is 0.0246. The Labute approximate surface area is 160 Å². The molecule has 2 aromatic heterocycles. The van der Waals surface area contributed by atoms with E-state index in [2.05, 4.69) is 28.5 Å². The molecule has 0 bridgehead atoms. The molecule has 0 unspecified atom stereocenters. The largest absolute Gasteiger partial charge is 0.338 e. The first kappa shape index (κ1) is 16.5. The molecule has 2 aliphatic rings. The Kier molecular flexibility index (Phi) is 4.17. The second-order valence-corrected chi connectivity index (χ2v) is 7.43. The summed E-state index contributed by atoms with van der Waals surface area (Å²) in [5.41, 5.74) is 2.33. The van der Waals surface area contributed by atoms with Crippen molar-refractivity contribution < 1.29 is 4.79 Å². The molecule has 5 rings (SSSR count). The summed E-state index contributed by atoms with van der Waals surface area (Å²) in [6.07, 6.45) is 3.56. The van der Waals surface area contributed by atoms with Gasteiger partial charge in [-0.05, 0) is 24.3 Å². The summed E-state index contributed by atoms with van der Waals surface area (Å²) in [5.74, 6) is 0.881. The molecule has 0 atom stereocenters. The van der Waals surface area contributed by atoms with E-state index in [0.717, 1.165) is 56.3 Å². The van der Waals surface area contributed by atoms with Crippen molar-refractivity contribution in [3.05, 3.63) is 42.2 Å². The maximum absolute atomic E-state index is 12.7. The van der Waals surface area contributed by atoms with Crippen LogP contribution in [-0.2, 0) is 0 Å². The number of amides is 1. The Morgan fingerprint density at radius 2 is 1.74 bits per heavy atom. The Morgan fingerprint density at radius 3 is 2.52 bits per heavy atom. The molecule has 1 aromatic carbocycles. The zero-order valence-corrected chi connectivity index (χ0v) is 15.5. The summed E-state index contributed by atoms with van der Waals surface area (Å²) in [6.45, 7) is 5.36. The van der Waals surface area contributed by atoms with Crippen LogP contribution in [0.2, 0.25) is 0 Å². The van der Waals surface area contributed by atoms with Crippen LogP contribution in [0.3, 0.4) is 0 Å². The maximum Gasteiger partial charge on any atom is 0.254 e. The SMILES string of the molecule is O=C(c1ccc2nsnc2c1)N1CC(N2CCN(c3ncccn3)CC2)C1. The van der Waals surface area contributed by atoms with Gasteiger partial charge in [-0.2, -0.15) is 8.75 Å². The zero-order chi connectivity index (χ0) is 18.2. The van der Waals surface area contributed by atoms with Gasteiger partial charge >= 0.3 is 0 Å². The summed E-state index contributed by atoms with van der Waals surface area (Å²) in [7, 11) is 0. The fraction of sp³-hybridized carbons (Fsp3) is 0.389. The third-order valence-electron chi connectivity index (χ3n) is 5.32. The molecule has 27 heavy (non-hydrogen) atoms. The van der Waals surface area contributed by atoms with Crippen LogP contribution in [0.1, 0.15) is 10.4 Å². The quantitative estimate of drug-likeness (QED) is 0.673. The first-order valence-corrected chi connectivity index (χ1v) is 9.78. The number of nitrogens with zero attached hydrogens (tertiary/aromatic N) is 7. The Balaban J connectivity index is 1.16. The minimum absolute atomic E-state index is 0.0810. The first-order valence-electron chi connectivity index (χ1n) is 9.05. The third kappa shape index (κ3) is 3.13. The van der Waals surface area contributed by atoms with Crippen LogP contribution in [0.5, 0.6) is 0 Å². The molecule has 0 aliphatic carbocycles. The second kappa shape index (κ2) is 6.82. The highest BCUT2D eigenvalue weighted by Gasteiger charge is 2.36. The number of aromatic nitrogens is 4. The molecular weight excluding hydrogens is 362 g/mol. The number of fused-ring (bicyclic) bond motifs is 1. The lowest BCUT2D eigenvalue weighted by Gasteiger charge is -2.48. The van der Waals surface area contributed by atoms with Gasteiger partial charge < -0.3 is 9.80 Å². The second-order valence-electron chi connectivity index (χ2n) is 6.90. The molecule has 4 heterocycles. The minimum Gasteiger partial charge on any atom is -0.338 e. The number of hydrogen-bond donors (Lipinski definition) is 0. The van der Waals surface area contributed by atoms with Crippen LogP contribution in [0.15, 0.2) is 36.7 Å². The van der Waals surface area contributed by atoms with E-state index >= 15 is 0 Å². The summed E-state index contributed by atoms with van der Waals surface area (Å²) in [4.78, 5) is 28.0. The Hall–Kier alpha value is -2.65. The molecule has 1 amide bonds. The predicted octanol–water partition coefficient (Wildman–Crippen LogP) is 1.13. The molecule has 3 aromatic rings. The van der Waals surface area contributed by atoms with E-state index in [1.54, 1.807) is 12.4 Å². The molecule has 2 saturated heterocycles. The van der Waals surface area contributed by atoms with Crippen molar-refractivity contribution in [3.8, 4) is 0 Å². The number of rotatable bonds is 3. The van der Waals surface area contributed by atoms with Gasteiger partial charge in [0, 0.05) is 63.3 Å². The zero-order valence-electron chi connectivity index (χ0n) is 14.7. The van der Waals surface area contributed by atoms with Crippen molar-refractivity contribution in [2.45, 2.75) is 6.04 Å². The minimum atomic E-state index is 0.0810. The van der Waals surface area contributed by atoms with Gasteiger partial charge in [0.2, 0.25) is 5.95 Å². The fourth-order valence-corrected chi connectivity index (χ4v) is 4.21. The van der Waals surface area contributed by atoms with Gasteiger partial charge in [-0.1, -0.05) is 0 Å². The molecule has 0 radical (unpaired) electrons. The lowest BCUT2D eigenvalue weighted by atomic mass is 10.0. The normalized spacial score (nSPS) is 18.7. The molecule has 9 heteroatoms. The van der Waals surface area contributed by atoms with E-state index < -0.39 is 0 Å². The monoisotopic (exact) mass is 381 g/mol. The van der Waals surface area contributed by atoms with E-state index in [9.17, 15) is 4.79 Å². The molecule has 138 valence electrons. The van der Waals surface area contributed by atoms with E-state index in [1.165, 1.54) is 11.7 Å². The van der Waals surface area contributed by atoms with Crippen LogP contribution < -0.4 is 4.90 Å². The van der Waals surface area contributed by atoms with E-state index in [0.29, 0.717) is 11.6 Å². The van der Waals surface area contributed by atoms with Gasteiger partial charge in [-0.3, -0.25) is 9.69 Å². The van der Waals surface area contributed by atoms with Crippen molar-refractivity contribution in [2.75, 3.05) is 44.2 Å². The van der Waals surface area contributed by atoms with Crippen molar-refractivity contribution in [3.63, 3.8) is 0 Å². The van der Waals surface area contributed by atoms with Gasteiger partial charge in [0.25, 0.3) is 5.91 Å². The lowest BCUT2D eigenvalue weighted by Crippen LogP contribution is -2.64. The van der Waals surface area contributed by atoms with Crippen molar-refractivity contribution in [2.24, 2.45) is 0 Å². The average Bonchev–Trinajstić information content (AvgIpc) is 3.16. The number of piperazine rings is 1. The number of likely N-dealkylation sites (tertiary alicyclic amines) is 1. The summed E-state index contributed by atoms with van der Waals surface area (Å²) in [6, 6.07) is 7.83. The maximum atomic E-state index is 12.7. The summed E-state index contributed by atoms with van der Waals surface area (Å²) in [5, 5.41) is 0.